The van der Waals surface area contributed by atoms with Gasteiger partial charge in [0, 0.05) is 0 Å². The first-order valence-corrected chi connectivity index (χ1v) is 13.2. The zero-order valence-corrected chi connectivity index (χ0v) is 22.0. The fourth-order valence-electron chi connectivity index (χ4n) is 2.98. The molecule has 2 heterocycles. The van der Waals surface area contributed by atoms with Crippen molar-refractivity contribution >= 4 is 36.7 Å². The second-order valence-electron chi connectivity index (χ2n) is 8.08. The SMILES string of the molecule is CCC(CC)C(=O)OCOP(=O)(CO[C@@H](C)Cn1cnc2c(N)ncnc21)OCOC(=O)OC(C)C. The van der Waals surface area contributed by atoms with Crippen molar-refractivity contribution in [3.05, 3.63) is 12.7 Å². The number of nitrogen functional groups attached to an aromatic ring is 1. The van der Waals surface area contributed by atoms with Crippen LogP contribution in [0.3, 0.4) is 0 Å². The van der Waals surface area contributed by atoms with E-state index in [0.29, 0.717) is 24.0 Å². The summed E-state index contributed by atoms with van der Waals surface area (Å²) in [4.78, 5) is 35.9. The fraction of sp³-hybridized carbons (Fsp3) is 0.667. The van der Waals surface area contributed by atoms with Gasteiger partial charge in [-0.3, -0.25) is 18.4 Å². The van der Waals surface area contributed by atoms with Crippen LogP contribution in [0.15, 0.2) is 12.7 Å². The molecule has 2 rings (SSSR count). The van der Waals surface area contributed by atoms with Crippen LogP contribution in [0.4, 0.5) is 10.6 Å². The van der Waals surface area contributed by atoms with Gasteiger partial charge in [0.25, 0.3) is 0 Å². The van der Waals surface area contributed by atoms with Gasteiger partial charge in [0.05, 0.1) is 31.0 Å². The summed E-state index contributed by atoms with van der Waals surface area (Å²) >= 11 is 0. The number of nitrogens with zero attached hydrogens (tertiary/aromatic N) is 4. The molecule has 2 aromatic heterocycles. The molecule has 0 aliphatic heterocycles. The maximum atomic E-state index is 13.2. The maximum Gasteiger partial charge on any atom is 0.510 e. The minimum absolute atomic E-state index is 0.248. The second-order valence-corrected chi connectivity index (χ2v) is 10.1. The molecule has 0 fully saturated rings. The molecule has 0 aliphatic rings. The van der Waals surface area contributed by atoms with E-state index in [0.717, 1.165) is 0 Å². The fourth-order valence-corrected chi connectivity index (χ4v) is 4.07. The number of nitrogens with two attached hydrogens (primary N) is 1. The van der Waals surface area contributed by atoms with E-state index in [-0.39, 0.29) is 18.3 Å². The van der Waals surface area contributed by atoms with Gasteiger partial charge >= 0.3 is 19.7 Å². The zero-order chi connectivity index (χ0) is 26.7. The molecule has 1 unspecified atom stereocenters. The molecule has 0 saturated carbocycles. The lowest BCUT2D eigenvalue weighted by atomic mass is 10.0. The number of carbonyl (C=O) groups excluding carboxylic acids is 2. The Morgan fingerprint density at radius 1 is 1.06 bits per heavy atom. The maximum absolute atomic E-state index is 13.2. The average molecular weight is 532 g/mol. The van der Waals surface area contributed by atoms with Gasteiger partial charge < -0.3 is 29.2 Å². The summed E-state index contributed by atoms with van der Waals surface area (Å²) in [5, 5.41) is 0. The summed E-state index contributed by atoms with van der Waals surface area (Å²) in [5.41, 5.74) is 6.77. The lowest BCUT2D eigenvalue weighted by Crippen LogP contribution is -2.21. The van der Waals surface area contributed by atoms with E-state index in [9.17, 15) is 14.2 Å². The van der Waals surface area contributed by atoms with Crippen LogP contribution in [0.5, 0.6) is 0 Å². The third-order valence-corrected chi connectivity index (χ3v) is 6.39. The van der Waals surface area contributed by atoms with Gasteiger partial charge in [-0.25, -0.2) is 19.7 Å². The molecule has 0 amide bonds. The van der Waals surface area contributed by atoms with Crippen LogP contribution in [0.1, 0.15) is 47.5 Å². The largest absolute Gasteiger partial charge is 0.510 e. The summed E-state index contributed by atoms with van der Waals surface area (Å²) in [7, 11) is -4.02. The van der Waals surface area contributed by atoms with Crippen molar-refractivity contribution < 1.29 is 42.1 Å². The molecule has 0 bridgehead atoms. The Kier molecular flexibility index (Phi) is 11.5. The number of hydrogen-bond donors (Lipinski definition) is 1. The summed E-state index contributed by atoms with van der Waals surface area (Å²) in [6.07, 6.45) is 1.62. The minimum Gasteiger partial charge on any atom is -0.438 e. The number of ether oxygens (including phenoxy) is 4. The molecule has 2 atom stereocenters. The third-order valence-electron chi connectivity index (χ3n) is 4.93. The Bertz CT molecular complexity index is 1040. The quantitative estimate of drug-likeness (QED) is 0.201. The van der Waals surface area contributed by atoms with Gasteiger partial charge in [0.1, 0.15) is 18.2 Å². The van der Waals surface area contributed by atoms with Crippen LogP contribution in [-0.4, -0.2) is 63.8 Å². The first kappa shape index (κ1) is 29.4. The molecule has 2 aromatic rings. The number of hydrogen-bond acceptors (Lipinski definition) is 13. The van der Waals surface area contributed by atoms with Gasteiger partial charge in [0.2, 0.25) is 13.6 Å². The standard InChI is InChI=1S/C21H34N5O9P/c1-6-16(7-2)20(27)30-11-33-36(29,34-12-31-21(28)35-14(3)4)13-32-15(5)8-26-10-25-17-18(22)23-9-24-19(17)26/h9-10,14-16H,6-8,11-13H2,1-5H3,(H2,22,23,24)/t15-,36?/m0/s1. The van der Waals surface area contributed by atoms with Crippen molar-refractivity contribution in [2.24, 2.45) is 5.92 Å². The second kappa shape index (κ2) is 14.1. The number of aromatic nitrogens is 4. The van der Waals surface area contributed by atoms with E-state index in [1.807, 2.05) is 13.8 Å². The molecule has 0 spiro atoms. The molecule has 0 aromatic carbocycles. The van der Waals surface area contributed by atoms with E-state index in [2.05, 4.69) is 15.0 Å². The highest BCUT2D eigenvalue weighted by molar-refractivity contribution is 7.53. The molecule has 14 nitrogen and oxygen atoms in total. The Balaban J connectivity index is 1.98. The molecule has 0 saturated heterocycles. The van der Waals surface area contributed by atoms with E-state index in [4.69, 9.17) is 33.7 Å². The predicted octanol–water partition coefficient (Wildman–Crippen LogP) is 3.45. The van der Waals surface area contributed by atoms with E-state index in [1.54, 1.807) is 25.3 Å². The molecule has 15 heteroatoms. The molecule has 0 aliphatic carbocycles. The van der Waals surface area contributed by atoms with Crippen LogP contribution >= 0.6 is 7.60 Å². The van der Waals surface area contributed by atoms with Crippen molar-refractivity contribution in [3.8, 4) is 0 Å². The lowest BCUT2D eigenvalue weighted by molar-refractivity contribution is -0.156. The van der Waals surface area contributed by atoms with Crippen LogP contribution in [0.2, 0.25) is 0 Å². The monoisotopic (exact) mass is 531 g/mol. The van der Waals surface area contributed by atoms with Gasteiger partial charge in [0.15, 0.2) is 11.5 Å². The number of fused-ring (bicyclic) bond motifs is 1. The first-order chi connectivity index (χ1) is 17.1. The Morgan fingerprint density at radius 2 is 1.72 bits per heavy atom. The molecule has 202 valence electrons. The number of imidazole rings is 1. The van der Waals surface area contributed by atoms with Crippen molar-refractivity contribution in [3.63, 3.8) is 0 Å². The van der Waals surface area contributed by atoms with E-state index in [1.165, 1.54) is 12.7 Å². The third kappa shape index (κ3) is 9.01. The van der Waals surface area contributed by atoms with Gasteiger partial charge in [-0.05, 0) is 33.6 Å². The number of rotatable bonds is 15. The van der Waals surface area contributed by atoms with Gasteiger partial charge in [-0.2, -0.15) is 0 Å². The molecular formula is C21H34N5O9P. The average Bonchev–Trinajstić information content (AvgIpc) is 3.22. The Morgan fingerprint density at radius 3 is 2.36 bits per heavy atom. The molecule has 0 radical (unpaired) electrons. The van der Waals surface area contributed by atoms with Crippen LogP contribution in [-0.2, 0) is 43.9 Å². The summed E-state index contributed by atoms with van der Waals surface area (Å²) in [5.74, 6) is -0.537. The number of carbonyl (C=O) groups is 2. The first-order valence-electron chi connectivity index (χ1n) is 11.5. The predicted molar refractivity (Wildman–Crippen MR) is 128 cm³/mol. The topological polar surface area (TPSA) is 176 Å². The lowest BCUT2D eigenvalue weighted by Gasteiger charge is -2.21. The highest BCUT2D eigenvalue weighted by Gasteiger charge is 2.29. The van der Waals surface area contributed by atoms with E-state index < -0.39 is 51.9 Å². The van der Waals surface area contributed by atoms with Crippen molar-refractivity contribution in [2.75, 3.05) is 25.7 Å². The smallest absolute Gasteiger partial charge is 0.438 e. The van der Waals surface area contributed by atoms with Crippen LogP contribution in [0, 0.1) is 5.92 Å². The van der Waals surface area contributed by atoms with Crippen molar-refractivity contribution in [2.45, 2.75) is 66.2 Å². The highest BCUT2D eigenvalue weighted by atomic mass is 31.2. The summed E-state index contributed by atoms with van der Waals surface area (Å²) in [6, 6.07) is 0. The zero-order valence-electron chi connectivity index (χ0n) is 21.1. The van der Waals surface area contributed by atoms with Gasteiger partial charge in [-0.15, -0.1) is 0 Å². The van der Waals surface area contributed by atoms with E-state index >= 15 is 0 Å². The Hall–Kier alpha value is -2.80. The highest BCUT2D eigenvalue weighted by Crippen LogP contribution is 2.48. The summed E-state index contributed by atoms with van der Waals surface area (Å²) < 4.78 is 45.7. The minimum atomic E-state index is -4.02. The van der Waals surface area contributed by atoms with Crippen LogP contribution in [0.25, 0.3) is 11.2 Å². The number of anilines is 1. The van der Waals surface area contributed by atoms with Crippen LogP contribution < -0.4 is 5.73 Å². The molecule has 2 N–H and O–H groups in total. The molecule has 36 heavy (non-hydrogen) atoms. The number of esters is 1. The Labute approximate surface area is 209 Å². The van der Waals surface area contributed by atoms with Crippen molar-refractivity contribution in [1.29, 1.82) is 0 Å². The molecular weight excluding hydrogens is 497 g/mol. The normalized spacial score (nSPS) is 14.1. The van der Waals surface area contributed by atoms with Crippen molar-refractivity contribution in [1.82, 2.24) is 19.5 Å². The van der Waals surface area contributed by atoms with Gasteiger partial charge in [-0.1, -0.05) is 13.8 Å². The summed E-state index contributed by atoms with van der Waals surface area (Å²) in [6.45, 7) is 7.67.